The lowest BCUT2D eigenvalue weighted by Crippen LogP contribution is -2.45. The molecule has 0 aliphatic carbocycles. The molecular weight excluding hydrogens is 478 g/mol. The van der Waals surface area contributed by atoms with Crippen molar-refractivity contribution < 1.29 is 9.47 Å². The Balaban J connectivity index is 1.19. The molecule has 0 amide bonds. The van der Waals surface area contributed by atoms with Gasteiger partial charge in [-0.05, 0) is 49.7 Å². The average molecular weight is 510 g/mol. The van der Waals surface area contributed by atoms with Crippen LogP contribution in [0.25, 0.3) is 11.4 Å². The molecule has 0 saturated carbocycles. The molecule has 2 aliphatic rings. The Morgan fingerprint density at radius 2 is 1.92 bits per heavy atom. The van der Waals surface area contributed by atoms with Gasteiger partial charge in [-0.15, -0.1) is 0 Å². The maximum Gasteiger partial charge on any atom is 0.234 e. The molecule has 4 heterocycles. The molecule has 2 N–H and O–H groups in total. The number of ether oxygens (including phenoxy) is 2. The van der Waals surface area contributed by atoms with Gasteiger partial charge in [0.1, 0.15) is 12.4 Å². The summed E-state index contributed by atoms with van der Waals surface area (Å²) in [4.78, 5) is 21.2. The van der Waals surface area contributed by atoms with Gasteiger partial charge in [-0.25, -0.2) is 9.97 Å². The summed E-state index contributed by atoms with van der Waals surface area (Å²) in [5, 5.41) is 6.77. The summed E-state index contributed by atoms with van der Waals surface area (Å²) in [6.07, 6.45) is 4.23. The number of anilines is 3. The first-order valence-corrected chi connectivity index (χ1v) is 13.0. The van der Waals surface area contributed by atoms with Crippen LogP contribution in [0.5, 0.6) is 5.88 Å². The Hall–Kier alpha value is -4.08. The highest BCUT2D eigenvalue weighted by atomic mass is 16.5. The van der Waals surface area contributed by atoms with Crippen LogP contribution in [0.15, 0.2) is 67.0 Å². The van der Waals surface area contributed by atoms with Crippen LogP contribution < -0.4 is 20.3 Å². The number of fused-ring (bicyclic) bond motifs is 1. The minimum Gasteiger partial charge on any atom is -0.472 e. The summed E-state index contributed by atoms with van der Waals surface area (Å²) in [5.74, 6) is 2.87. The molecule has 9 heteroatoms. The normalized spacial score (nSPS) is 17.1. The highest BCUT2D eigenvalue weighted by molar-refractivity contribution is 5.65. The van der Waals surface area contributed by atoms with Gasteiger partial charge >= 0.3 is 0 Å². The van der Waals surface area contributed by atoms with Gasteiger partial charge in [0.2, 0.25) is 5.88 Å². The van der Waals surface area contributed by atoms with Crippen molar-refractivity contribution >= 4 is 17.3 Å². The third-order valence-electron chi connectivity index (χ3n) is 6.81. The molecule has 0 spiro atoms. The smallest absolute Gasteiger partial charge is 0.234 e. The van der Waals surface area contributed by atoms with Crippen LogP contribution in [0.2, 0.25) is 0 Å². The van der Waals surface area contributed by atoms with E-state index >= 15 is 0 Å². The molecule has 4 aromatic rings. The van der Waals surface area contributed by atoms with Crippen LogP contribution >= 0.6 is 0 Å². The van der Waals surface area contributed by atoms with Gasteiger partial charge in [-0.2, -0.15) is 4.98 Å². The van der Waals surface area contributed by atoms with Gasteiger partial charge in [0, 0.05) is 29.9 Å². The van der Waals surface area contributed by atoms with E-state index in [9.17, 15) is 0 Å². The van der Waals surface area contributed by atoms with Crippen LogP contribution in [-0.2, 0) is 24.3 Å². The molecule has 0 unspecified atom stereocenters. The summed E-state index contributed by atoms with van der Waals surface area (Å²) < 4.78 is 11.5. The zero-order chi connectivity index (χ0) is 25.7. The van der Waals surface area contributed by atoms with E-state index in [-0.39, 0.29) is 6.04 Å². The molecule has 2 aromatic heterocycles. The molecule has 2 aliphatic heterocycles. The minimum atomic E-state index is 0.283. The van der Waals surface area contributed by atoms with E-state index in [1.165, 1.54) is 5.56 Å². The fourth-order valence-corrected chi connectivity index (χ4v) is 4.81. The number of nitrogens with one attached hydrogen (secondary N) is 2. The van der Waals surface area contributed by atoms with E-state index in [2.05, 4.69) is 32.4 Å². The van der Waals surface area contributed by atoms with Crippen molar-refractivity contribution in [2.24, 2.45) is 0 Å². The van der Waals surface area contributed by atoms with Crippen molar-refractivity contribution in [1.82, 2.24) is 25.3 Å². The summed E-state index contributed by atoms with van der Waals surface area (Å²) in [6, 6.07) is 18.4. The highest BCUT2D eigenvalue weighted by Crippen LogP contribution is 2.30. The first kappa shape index (κ1) is 24.3. The third kappa shape index (κ3) is 5.44. The number of nitrogens with zero attached hydrogens (tertiary/aromatic N) is 5. The molecule has 194 valence electrons. The van der Waals surface area contributed by atoms with E-state index in [0.29, 0.717) is 24.9 Å². The lowest BCUT2D eigenvalue weighted by molar-refractivity contribution is 0.0984. The molecule has 6 rings (SSSR count). The van der Waals surface area contributed by atoms with Crippen LogP contribution in [-0.4, -0.2) is 52.3 Å². The second-order valence-corrected chi connectivity index (χ2v) is 9.56. The molecule has 9 nitrogen and oxygen atoms in total. The molecule has 0 bridgehead atoms. The third-order valence-corrected chi connectivity index (χ3v) is 6.81. The van der Waals surface area contributed by atoms with Crippen molar-refractivity contribution in [3.05, 3.63) is 83.8 Å². The Morgan fingerprint density at radius 3 is 2.76 bits per heavy atom. The lowest BCUT2D eigenvalue weighted by atomic mass is 10.0. The largest absolute Gasteiger partial charge is 0.472 e. The van der Waals surface area contributed by atoms with E-state index in [1.54, 1.807) is 12.4 Å². The quantitative estimate of drug-likeness (QED) is 0.381. The van der Waals surface area contributed by atoms with Gasteiger partial charge in [0.05, 0.1) is 37.3 Å². The number of morpholine rings is 1. The predicted molar refractivity (Wildman–Crippen MR) is 147 cm³/mol. The molecule has 0 radical (unpaired) electrons. The summed E-state index contributed by atoms with van der Waals surface area (Å²) in [7, 11) is 0. The van der Waals surface area contributed by atoms with Crippen molar-refractivity contribution in [3.63, 3.8) is 0 Å². The highest BCUT2D eigenvalue weighted by Gasteiger charge is 2.27. The van der Waals surface area contributed by atoms with Gasteiger partial charge in [0.25, 0.3) is 0 Å². The van der Waals surface area contributed by atoms with Crippen LogP contribution in [0.1, 0.15) is 23.7 Å². The number of benzene rings is 2. The zero-order valence-corrected chi connectivity index (χ0v) is 21.4. The molecule has 38 heavy (non-hydrogen) atoms. The number of aromatic nitrogens is 4. The van der Waals surface area contributed by atoms with E-state index in [4.69, 9.17) is 19.4 Å². The monoisotopic (exact) mass is 509 g/mol. The maximum absolute atomic E-state index is 5.81. The fraction of sp³-hybridized carbons (Fsp3) is 0.310. The van der Waals surface area contributed by atoms with E-state index in [1.807, 2.05) is 54.6 Å². The van der Waals surface area contributed by atoms with Crippen molar-refractivity contribution in [1.29, 1.82) is 0 Å². The fourth-order valence-electron chi connectivity index (χ4n) is 4.81. The van der Waals surface area contributed by atoms with E-state index in [0.717, 1.165) is 66.8 Å². The Kier molecular flexibility index (Phi) is 7.10. The topological polar surface area (TPSA) is 97.3 Å². The molecular formula is C29H31N7O2. The first-order valence-electron chi connectivity index (χ1n) is 13.0. The Bertz CT molecular complexity index is 1380. The SMILES string of the molecule is C[C@H]1COCCN1c1nc(-c2ccc(Nc3cncc(OCc4ccccc4)n3)cc2)nc2c1CCNC2. The lowest BCUT2D eigenvalue weighted by Gasteiger charge is -2.36. The molecule has 1 saturated heterocycles. The van der Waals surface area contributed by atoms with Crippen LogP contribution in [0, 0.1) is 0 Å². The molecule has 1 atom stereocenters. The molecule has 1 fully saturated rings. The zero-order valence-electron chi connectivity index (χ0n) is 21.4. The van der Waals surface area contributed by atoms with Gasteiger partial charge in [0.15, 0.2) is 11.6 Å². The first-order chi connectivity index (χ1) is 18.7. The van der Waals surface area contributed by atoms with Crippen molar-refractivity contribution in [3.8, 4) is 17.3 Å². The van der Waals surface area contributed by atoms with E-state index < -0.39 is 0 Å². The minimum absolute atomic E-state index is 0.283. The second-order valence-electron chi connectivity index (χ2n) is 9.56. The van der Waals surface area contributed by atoms with Crippen molar-refractivity contribution in [2.45, 2.75) is 32.5 Å². The standard InChI is InChI=1S/C29H31N7O2/c1-20-18-37-14-13-36(20)29-24-11-12-30-15-25(24)33-28(35-29)22-7-9-23(10-8-22)32-26-16-31-17-27(34-26)38-19-21-5-3-2-4-6-21/h2-10,16-17,20,30H,11-15,18-19H2,1H3,(H,32,34)/t20-/m0/s1. The maximum atomic E-state index is 5.81. The summed E-state index contributed by atoms with van der Waals surface area (Å²) >= 11 is 0. The number of hydrogen-bond donors (Lipinski definition) is 2. The average Bonchev–Trinajstić information content (AvgIpc) is 2.97. The van der Waals surface area contributed by atoms with Gasteiger partial charge in [-0.3, -0.25) is 4.98 Å². The van der Waals surface area contributed by atoms with Crippen LogP contribution in [0.3, 0.4) is 0 Å². The van der Waals surface area contributed by atoms with Crippen LogP contribution in [0.4, 0.5) is 17.3 Å². The Labute approximate surface area is 222 Å². The van der Waals surface area contributed by atoms with Gasteiger partial charge < -0.3 is 25.0 Å². The Morgan fingerprint density at radius 1 is 1.05 bits per heavy atom. The second kappa shape index (κ2) is 11.1. The molecule has 2 aromatic carbocycles. The number of rotatable bonds is 7. The predicted octanol–water partition coefficient (Wildman–Crippen LogP) is 4.13. The number of hydrogen-bond acceptors (Lipinski definition) is 9. The summed E-state index contributed by atoms with van der Waals surface area (Å²) in [5.41, 5.74) is 5.28. The summed E-state index contributed by atoms with van der Waals surface area (Å²) in [6.45, 7) is 6.62. The van der Waals surface area contributed by atoms with Gasteiger partial charge in [-0.1, -0.05) is 30.3 Å². The van der Waals surface area contributed by atoms with Crippen molar-refractivity contribution in [2.75, 3.05) is 36.5 Å².